The number of hydrogen-bond donors (Lipinski definition) is 1. The van der Waals surface area contributed by atoms with Gasteiger partial charge in [-0.15, -0.1) is 0 Å². The minimum Gasteiger partial charge on any atom is -0.487 e. The van der Waals surface area contributed by atoms with Crippen LogP contribution < -0.4 is 10.5 Å². The molecule has 0 aliphatic carbocycles. The van der Waals surface area contributed by atoms with Crippen molar-refractivity contribution in [3.63, 3.8) is 0 Å². The number of rotatable bonds is 3. The Morgan fingerprint density at radius 2 is 2.05 bits per heavy atom. The van der Waals surface area contributed by atoms with E-state index in [1.165, 1.54) is 24.0 Å². The summed E-state index contributed by atoms with van der Waals surface area (Å²) in [5.41, 5.74) is 8.56. The number of nitrogens with zero attached hydrogens (tertiary/aromatic N) is 1. The lowest BCUT2D eigenvalue weighted by atomic mass is 9.83. The molecule has 1 saturated heterocycles. The monoisotopic (exact) mass is 274 g/mol. The van der Waals surface area contributed by atoms with Gasteiger partial charge in [-0.25, -0.2) is 0 Å². The summed E-state index contributed by atoms with van der Waals surface area (Å²) in [5.74, 6) is 1.13. The molecule has 0 unspecified atom stereocenters. The summed E-state index contributed by atoms with van der Waals surface area (Å²) < 4.78 is 6.43. The maximum Gasteiger partial charge on any atom is 0.123 e. The van der Waals surface area contributed by atoms with Gasteiger partial charge in [-0.1, -0.05) is 19.1 Å². The predicted molar refractivity (Wildman–Crippen MR) is 82.2 cm³/mol. The lowest BCUT2D eigenvalue weighted by Crippen LogP contribution is -2.50. The third-order valence-corrected chi connectivity index (χ3v) is 4.92. The van der Waals surface area contributed by atoms with Gasteiger partial charge in [0.2, 0.25) is 0 Å². The van der Waals surface area contributed by atoms with Crippen LogP contribution in [0, 0.1) is 0 Å². The molecule has 2 aliphatic rings. The SMILES string of the molecule is CCc1ccc2c(c1)CCC1(CCN(CCN)CC1)O2. The molecule has 3 rings (SSSR count). The van der Waals surface area contributed by atoms with Gasteiger partial charge >= 0.3 is 0 Å². The molecule has 0 saturated carbocycles. The van der Waals surface area contributed by atoms with Crippen molar-refractivity contribution < 1.29 is 4.74 Å². The normalized spacial score (nSPS) is 21.5. The fourth-order valence-corrected chi connectivity index (χ4v) is 3.51. The van der Waals surface area contributed by atoms with Gasteiger partial charge in [-0.2, -0.15) is 0 Å². The van der Waals surface area contributed by atoms with E-state index in [0.29, 0.717) is 0 Å². The zero-order valence-corrected chi connectivity index (χ0v) is 12.5. The maximum atomic E-state index is 6.43. The van der Waals surface area contributed by atoms with Crippen LogP contribution in [-0.2, 0) is 12.8 Å². The summed E-state index contributed by atoms with van der Waals surface area (Å²) in [6.07, 6.45) is 5.72. The summed E-state index contributed by atoms with van der Waals surface area (Å²) in [4.78, 5) is 2.46. The van der Waals surface area contributed by atoms with E-state index in [0.717, 1.165) is 51.2 Å². The average Bonchev–Trinajstić information content (AvgIpc) is 2.50. The van der Waals surface area contributed by atoms with Crippen LogP contribution in [-0.4, -0.2) is 36.7 Å². The number of hydrogen-bond acceptors (Lipinski definition) is 3. The van der Waals surface area contributed by atoms with Gasteiger partial charge in [0.05, 0.1) is 0 Å². The fraction of sp³-hybridized carbons (Fsp3) is 0.647. The van der Waals surface area contributed by atoms with Crippen LogP contribution in [0.5, 0.6) is 5.75 Å². The molecule has 2 N–H and O–H groups in total. The molecular weight excluding hydrogens is 248 g/mol. The highest BCUT2D eigenvalue weighted by atomic mass is 16.5. The second-order valence-electron chi connectivity index (χ2n) is 6.21. The lowest BCUT2D eigenvalue weighted by Gasteiger charge is -2.44. The van der Waals surface area contributed by atoms with Gasteiger partial charge in [0, 0.05) is 26.2 Å². The van der Waals surface area contributed by atoms with Crippen molar-refractivity contribution in [3.8, 4) is 5.75 Å². The highest BCUT2D eigenvalue weighted by Crippen LogP contribution is 2.39. The number of nitrogens with two attached hydrogens (primary N) is 1. The second kappa shape index (κ2) is 5.74. The molecule has 20 heavy (non-hydrogen) atoms. The molecule has 0 radical (unpaired) electrons. The van der Waals surface area contributed by atoms with E-state index >= 15 is 0 Å². The zero-order valence-electron chi connectivity index (χ0n) is 12.5. The molecule has 1 spiro atoms. The van der Waals surface area contributed by atoms with Gasteiger partial charge in [0.25, 0.3) is 0 Å². The van der Waals surface area contributed by atoms with Crippen LogP contribution in [0.1, 0.15) is 37.3 Å². The minimum atomic E-state index is 0.0891. The maximum absolute atomic E-state index is 6.43. The second-order valence-corrected chi connectivity index (χ2v) is 6.21. The Morgan fingerprint density at radius 1 is 1.25 bits per heavy atom. The highest BCUT2D eigenvalue weighted by Gasteiger charge is 2.39. The highest BCUT2D eigenvalue weighted by molar-refractivity contribution is 5.39. The molecule has 0 aromatic heterocycles. The zero-order chi connectivity index (χ0) is 14.0. The molecule has 3 heteroatoms. The topological polar surface area (TPSA) is 38.5 Å². The van der Waals surface area contributed by atoms with Gasteiger partial charge < -0.3 is 15.4 Å². The smallest absolute Gasteiger partial charge is 0.123 e. The van der Waals surface area contributed by atoms with E-state index in [4.69, 9.17) is 10.5 Å². The van der Waals surface area contributed by atoms with Gasteiger partial charge in [-0.05, 0) is 49.3 Å². The van der Waals surface area contributed by atoms with Crippen LogP contribution in [0.4, 0.5) is 0 Å². The first kappa shape index (κ1) is 13.9. The van der Waals surface area contributed by atoms with E-state index < -0.39 is 0 Å². The van der Waals surface area contributed by atoms with E-state index in [1.54, 1.807) is 0 Å². The van der Waals surface area contributed by atoms with Crippen molar-refractivity contribution in [2.75, 3.05) is 26.2 Å². The number of fused-ring (bicyclic) bond motifs is 1. The van der Waals surface area contributed by atoms with Crippen LogP contribution >= 0.6 is 0 Å². The van der Waals surface area contributed by atoms with Gasteiger partial charge in [0.15, 0.2) is 0 Å². The third kappa shape index (κ3) is 2.70. The Kier molecular flexibility index (Phi) is 3.99. The number of aryl methyl sites for hydroxylation is 2. The summed E-state index contributed by atoms with van der Waals surface area (Å²) in [6.45, 7) is 6.24. The molecule has 1 aromatic rings. The number of likely N-dealkylation sites (tertiary alicyclic amines) is 1. The van der Waals surface area contributed by atoms with Crippen LogP contribution in [0.25, 0.3) is 0 Å². The molecule has 2 heterocycles. The third-order valence-electron chi connectivity index (χ3n) is 4.92. The first-order valence-electron chi connectivity index (χ1n) is 7.98. The van der Waals surface area contributed by atoms with Gasteiger partial charge in [0.1, 0.15) is 11.4 Å². The molecule has 1 aromatic carbocycles. The van der Waals surface area contributed by atoms with E-state index in [-0.39, 0.29) is 5.60 Å². The molecule has 0 atom stereocenters. The van der Waals surface area contributed by atoms with Crippen molar-refractivity contribution >= 4 is 0 Å². The van der Waals surface area contributed by atoms with Crippen molar-refractivity contribution in [1.29, 1.82) is 0 Å². The van der Waals surface area contributed by atoms with Gasteiger partial charge in [-0.3, -0.25) is 0 Å². The quantitative estimate of drug-likeness (QED) is 0.919. The minimum absolute atomic E-state index is 0.0891. The fourth-order valence-electron chi connectivity index (χ4n) is 3.51. The van der Waals surface area contributed by atoms with Crippen LogP contribution in [0.3, 0.4) is 0 Å². The molecule has 0 bridgehead atoms. The molecule has 1 fully saturated rings. The Bertz CT molecular complexity index is 464. The molecule has 3 nitrogen and oxygen atoms in total. The Labute approximate surface area is 122 Å². The summed E-state index contributed by atoms with van der Waals surface area (Å²) in [5, 5.41) is 0. The van der Waals surface area contributed by atoms with E-state index in [9.17, 15) is 0 Å². The molecule has 110 valence electrons. The first-order valence-corrected chi connectivity index (χ1v) is 7.98. The average molecular weight is 274 g/mol. The number of benzene rings is 1. The first-order chi connectivity index (χ1) is 9.74. The number of ether oxygens (including phenoxy) is 1. The summed E-state index contributed by atoms with van der Waals surface area (Å²) in [6, 6.07) is 6.72. The van der Waals surface area contributed by atoms with Crippen molar-refractivity contribution in [2.45, 2.75) is 44.6 Å². The Balaban J connectivity index is 1.69. The summed E-state index contributed by atoms with van der Waals surface area (Å²) in [7, 11) is 0. The molecular formula is C17H26N2O. The predicted octanol–water partition coefficient (Wildman–Crippen LogP) is 2.37. The Morgan fingerprint density at radius 3 is 2.75 bits per heavy atom. The summed E-state index contributed by atoms with van der Waals surface area (Å²) >= 11 is 0. The lowest BCUT2D eigenvalue weighted by molar-refractivity contribution is -0.0137. The van der Waals surface area contributed by atoms with Crippen molar-refractivity contribution in [1.82, 2.24) is 4.90 Å². The number of piperidine rings is 1. The molecule has 2 aliphatic heterocycles. The van der Waals surface area contributed by atoms with Crippen molar-refractivity contribution in [3.05, 3.63) is 29.3 Å². The van der Waals surface area contributed by atoms with E-state index in [2.05, 4.69) is 30.0 Å². The van der Waals surface area contributed by atoms with Crippen molar-refractivity contribution in [2.24, 2.45) is 5.73 Å². The van der Waals surface area contributed by atoms with E-state index in [1.807, 2.05) is 0 Å². The molecule has 0 amide bonds. The van der Waals surface area contributed by atoms with Crippen LogP contribution in [0.15, 0.2) is 18.2 Å². The largest absolute Gasteiger partial charge is 0.487 e. The van der Waals surface area contributed by atoms with Crippen LogP contribution in [0.2, 0.25) is 0 Å². The standard InChI is InChI=1S/C17H26N2O/c1-2-14-3-4-16-15(13-14)5-6-17(20-16)7-10-19(11-8-17)12-9-18/h3-4,13H,2,5-12,18H2,1H3. The Hall–Kier alpha value is -1.06.